The third kappa shape index (κ3) is 4.62. The summed E-state index contributed by atoms with van der Waals surface area (Å²) in [4.78, 5) is 21.1. The van der Waals surface area contributed by atoms with Gasteiger partial charge in [-0.2, -0.15) is 0 Å². The Bertz CT molecular complexity index is 968. The number of pyridine rings is 1. The summed E-state index contributed by atoms with van der Waals surface area (Å²) in [5.41, 5.74) is 5.33. The van der Waals surface area contributed by atoms with E-state index in [0.29, 0.717) is 0 Å². The number of rotatable bonds is 7. The summed E-state index contributed by atoms with van der Waals surface area (Å²) in [6.07, 6.45) is 5.21. The van der Waals surface area contributed by atoms with Crippen LogP contribution in [-0.4, -0.2) is 30.9 Å². The molecule has 3 rings (SSSR count). The van der Waals surface area contributed by atoms with E-state index in [2.05, 4.69) is 34.4 Å². The van der Waals surface area contributed by atoms with Gasteiger partial charge in [-0.25, -0.2) is 4.79 Å². The fourth-order valence-electron chi connectivity index (χ4n) is 3.07. The van der Waals surface area contributed by atoms with Gasteiger partial charge < -0.3 is 9.57 Å². The van der Waals surface area contributed by atoms with Crippen molar-refractivity contribution in [1.29, 1.82) is 0 Å². The summed E-state index contributed by atoms with van der Waals surface area (Å²) in [6, 6.07) is 20.1. The first kappa shape index (κ1) is 19.3. The number of hydrogen-bond donors (Lipinski definition) is 0. The lowest BCUT2D eigenvalue weighted by atomic mass is 9.96. The standard InChI is InChI=1S/C23H22N2O3/c1-27-23(26)22(25-28-2)21-11-4-3-8-18(21)13-12-17-7-5-9-19(15-17)20-10-6-14-24-16-20/h3-11,14-16H,12-13H2,1-2H3/b25-22-. The summed E-state index contributed by atoms with van der Waals surface area (Å²) in [5.74, 6) is -0.520. The lowest BCUT2D eigenvalue weighted by molar-refractivity contribution is -0.132. The first-order valence-corrected chi connectivity index (χ1v) is 9.00. The van der Waals surface area contributed by atoms with Gasteiger partial charge in [-0.3, -0.25) is 4.98 Å². The number of oxime groups is 1. The molecule has 5 nitrogen and oxygen atoms in total. The van der Waals surface area contributed by atoms with E-state index in [1.54, 1.807) is 6.20 Å². The fraction of sp³-hybridized carbons (Fsp3) is 0.174. The molecule has 0 radical (unpaired) electrons. The minimum absolute atomic E-state index is 0.171. The van der Waals surface area contributed by atoms with Crippen molar-refractivity contribution in [1.82, 2.24) is 4.98 Å². The number of aryl methyl sites for hydroxylation is 2. The van der Waals surface area contributed by atoms with Crippen LogP contribution >= 0.6 is 0 Å². The highest BCUT2D eigenvalue weighted by molar-refractivity contribution is 6.43. The molecule has 0 amide bonds. The van der Waals surface area contributed by atoms with Crippen molar-refractivity contribution < 1.29 is 14.4 Å². The number of ether oxygens (including phenoxy) is 1. The van der Waals surface area contributed by atoms with Gasteiger partial charge in [0.1, 0.15) is 7.11 Å². The van der Waals surface area contributed by atoms with Crippen molar-refractivity contribution in [3.63, 3.8) is 0 Å². The molecule has 0 N–H and O–H groups in total. The maximum Gasteiger partial charge on any atom is 0.360 e. The van der Waals surface area contributed by atoms with Gasteiger partial charge in [-0.05, 0) is 41.2 Å². The monoisotopic (exact) mass is 374 g/mol. The largest absolute Gasteiger partial charge is 0.464 e. The van der Waals surface area contributed by atoms with Gasteiger partial charge >= 0.3 is 5.97 Å². The molecule has 0 aliphatic heterocycles. The van der Waals surface area contributed by atoms with E-state index in [1.807, 2.05) is 42.6 Å². The van der Waals surface area contributed by atoms with E-state index in [4.69, 9.17) is 9.57 Å². The first-order chi connectivity index (χ1) is 13.7. The van der Waals surface area contributed by atoms with Gasteiger partial charge in [0.15, 0.2) is 5.71 Å². The minimum Gasteiger partial charge on any atom is -0.464 e. The molecule has 3 aromatic rings. The molecule has 142 valence electrons. The predicted octanol–water partition coefficient (Wildman–Crippen LogP) is 4.06. The van der Waals surface area contributed by atoms with Crippen LogP contribution in [0.5, 0.6) is 0 Å². The van der Waals surface area contributed by atoms with Crippen LogP contribution in [0.25, 0.3) is 11.1 Å². The second-order valence-electron chi connectivity index (χ2n) is 6.21. The number of methoxy groups -OCH3 is 1. The van der Waals surface area contributed by atoms with Crippen molar-refractivity contribution in [3.8, 4) is 11.1 Å². The molecular formula is C23H22N2O3. The summed E-state index contributed by atoms with van der Waals surface area (Å²) in [6.45, 7) is 0. The van der Waals surface area contributed by atoms with Crippen LogP contribution in [0.15, 0.2) is 78.2 Å². The highest BCUT2D eigenvalue weighted by atomic mass is 16.6. The lowest BCUT2D eigenvalue weighted by Crippen LogP contribution is -2.19. The van der Waals surface area contributed by atoms with Crippen LogP contribution in [0.4, 0.5) is 0 Å². The molecule has 0 spiro atoms. The van der Waals surface area contributed by atoms with Gasteiger partial charge in [0.05, 0.1) is 7.11 Å². The Morgan fingerprint density at radius 1 is 0.964 bits per heavy atom. The number of carbonyl (C=O) groups excluding carboxylic acids is 1. The van der Waals surface area contributed by atoms with Crippen molar-refractivity contribution in [2.45, 2.75) is 12.8 Å². The summed E-state index contributed by atoms with van der Waals surface area (Å²) in [5, 5.41) is 3.87. The Morgan fingerprint density at radius 2 is 1.79 bits per heavy atom. The third-order valence-corrected chi connectivity index (χ3v) is 4.44. The maximum absolute atomic E-state index is 12.1. The third-order valence-electron chi connectivity index (χ3n) is 4.44. The van der Waals surface area contributed by atoms with Crippen molar-refractivity contribution >= 4 is 11.7 Å². The van der Waals surface area contributed by atoms with Crippen molar-refractivity contribution in [2.24, 2.45) is 5.16 Å². The van der Waals surface area contributed by atoms with Gasteiger partial charge in [0, 0.05) is 18.0 Å². The topological polar surface area (TPSA) is 60.8 Å². The molecule has 0 saturated heterocycles. The molecule has 0 saturated carbocycles. The number of esters is 1. The minimum atomic E-state index is -0.520. The second-order valence-corrected chi connectivity index (χ2v) is 6.21. The Labute approximate surface area is 164 Å². The van der Waals surface area contributed by atoms with Gasteiger partial charge in [0.2, 0.25) is 0 Å². The molecule has 0 atom stereocenters. The number of benzene rings is 2. The number of aromatic nitrogens is 1. The molecule has 0 fully saturated rings. The zero-order valence-corrected chi connectivity index (χ0v) is 16.0. The Kier molecular flexibility index (Phi) is 6.52. The lowest BCUT2D eigenvalue weighted by Gasteiger charge is -2.11. The van der Waals surface area contributed by atoms with Crippen molar-refractivity contribution in [2.75, 3.05) is 14.2 Å². The molecule has 5 heteroatoms. The SMILES string of the molecule is CO/N=C(\C(=O)OC)c1ccccc1CCc1cccc(-c2cccnc2)c1. The van der Waals surface area contributed by atoms with Crippen LogP contribution in [0.3, 0.4) is 0 Å². The van der Waals surface area contributed by atoms with Crippen LogP contribution in [0.2, 0.25) is 0 Å². The highest BCUT2D eigenvalue weighted by Gasteiger charge is 2.18. The predicted molar refractivity (Wildman–Crippen MR) is 109 cm³/mol. The van der Waals surface area contributed by atoms with E-state index >= 15 is 0 Å². The van der Waals surface area contributed by atoms with E-state index in [1.165, 1.54) is 19.8 Å². The number of carbonyl (C=O) groups is 1. The van der Waals surface area contributed by atoms with E-state index < -0.39 is 5.97 Å². The molecule has 0 aliphatic carbocycles. The second kappa shape index (κ2) is 9.46. The van der Waals surface area contributed by atoms with Gasteiger partial charge in [-0.15, -0.1) is 0 Å². The van der Waals surface area contributed by atoms with Crippen LogP contribution in [-0.2, 0) is 27.2 Å². The summed E-state index contributed by atoms with van der Waals surface area (Å²) in [7, 11) is 2.75. The molecule has 28 heavy (non-hydrogen) atoms. The number of nitrogens with zero attached hydrogens (tertiary/aromatic N) is 2. The highest BCUT2D eigenvalue weighted by Crippen LogP contribution is 2.21. The Morgan fingerprint density at radius 3 is 2.54 bits per heavy atom. The maximum atomic E-state index is 12.1. The molecule has 0 bridgehead atoms. The van der Waals surface area contributed by atoms with Crippen molar-refractivity contribution in [3.05, 3.63) is 89.7 Å². The zero-order chi connectivity index (χ0) is 19.8. The van der Waals surface area contributed by atoms with E-state index in [9.17, 15) is 4.79 Å². The van der Waals surface area contributed by atoms with Crippen LogP contribution in [0.1, 0.15) is 16.7 Å². The summed E-state index contributed by atoms with van der Waals surface area (Å²) < 4.78 is 4.85. The van der Waals surface area contributed by atoms with Crippen LogP contribution in [0, 0.1) is 0 Å². The smallest absolute Gasteiger partial charge is 0.360 e. The van der Waals surface area contributed by atoms with Gasteiger partial charge in [0.25, 0.3) is 0 Å². The number of hydrogen-bond acceptors (Lipinski definition) is 5. The average molecular weight is 374 g/mol. The zero-order valence-electron chi connectivity index (χ0n) is 16.0. The van der Waals surface area contributed by atoms with Gasteiger partial charge in [-0.1, -0.05) is 59.8 Å². The average Bonchev–Trinajstić information content (AvgIpc) is 2.76. The fourth-order valence-corrected chi connectivity index (χ4v) is 3.07. The molecule has 1 heterocycles. The Balaban J connectivity index is 1.83. The molecule has 0 aliphatic rings. The molecule has 0 unspecified atom stereocenters. The molecule has 2 aromatic carbocycles. The molecule has 1 aromatic heterocycles. The normalized spacial score (nSPS) is 11.1. The van der Waals surface area contributed by atoms with E-state index in [-0.39, 0.29) is 5.71 Å². The first-order valence-electron chi connectivity index (χ1n) is 9.00. The Hall–Kier alpha value is -3.47. The van der Waals surface area contributed by atoms with E-state index in [0.717, 1.165) is 35.1 Å². The van der Waals surface area contributed by atoms with Crippen LogP contribution < -0.4 is 0 Å². The quantitative estimate of drug-likeness (QED) is 0.355. The summed E-state index contributed by atoms with van der Waals surface area (Å²) >= 11 is 0. The molecular weight excluding hydrogens is 352 g/mol.